The maximum Gasteiger partial charge on any atom is 0.340 e. The first-order valence-electron chi connectivity index (χ1n) is 13.8. The number of hydrogen-bond acceptors (Lipinski definition) is 7. The summed E-state index contributed by atoms with van der Waals surface area (Å²) in [6.07, 6.45) is -0.295. The molecular formula is C32H36N2O7S. The van der Waals surface area contributed by atoms with E-state index in [1.54, 1.807) is 20.8 Å². The fourth-order valence-electron chi connectivity index (χ4n) is 4.92. The first kappa shape index (κ1) is 30.9. The highest BCUT2D eigenvalue weighted by atomic mass is 32.2. The Kier molecular flexibility index (Phi) is 9.46. The van der Waals surface area contributed by atoms with Crippen molar-refractivity contribution in [2.45, 2.75) is 65.8 Å². The van der Waals surface area contributed by atoms with Gasteiger partial charge in [-0.25, -0.2) is 9.59 Å². The number of carbonyl (C=O) groups excluding carboxylic acids is 2. The minimum atomic E-state index is -1.16. The zero-order chi connectivity index (χ0) is 30.7. The average Bonchev–Trinajstić information content (AvgIpc) is 3.23. The number of furan rings is 1. The lowest BCUT2D eigenvalue weighted by molar-refractivity contribution is -0.141. The number of amides is 2. The number of carboxylic acid groups (broad SMARTS) is 1. The third-order valence-electron chi connectivity index (χ3n) is 7.56. The third kappa shape index (κ3) is 6.54. The van der Waals surface area contributed by atoms with E-state index in [-0.39, 0.29) is 23.7 Å². The van der Waals surface area contributed by atoms with E-state index >= 15 is 0 Å². The van der Waals surface area contributed by atoms with Crippen LogP contribution in [0.3, 0.4) is 0 Å². The first-order chi connectivity index (χ1) is 19.9. The van der Waals surface area contributed by atoms with Crippen molar-refractivity contribution in [3.8, 4) is 0 Å². The molecule has 4 rings (SSSR count). The molecule has 0 fully saturated rings. The predicted octanol–water partition coefficient (Wildman–Crippen LogP) is 4.96. The summed E-state index contributed by atoms with van der Waals surface area (Å²) in [6, 6.07) is 9.41. The molecule has 2 amide bonds. The van der Waals surface area contributed by atoms with E-state index in [1.165, 1.54) is 11.8 Å². The maximum absolute atomic E-state index is 13.2. The largest absolute Gasteiger partial charge is 0.480 e. The van der Waals surface area contributed by atoms with Crippen LogP contribution in [0.15, 0.2) is 50.0 Å². The van der Waals surface area contributed by atoms with Crippen molar-refractivity contribution < 1.29 is 28.3 Å². The number of fused-ring (bicyclic) bond motifs is 2. The Hall–Kier alpha value is -4.05. The van der Waals surface area contributed by atoms with Crippen molar-refractivity contribution in [3.63, 3.8) is 0 Å². The second kappa shape index (κ2) is 12.9. The quantitative estimate of drug-likeness (QED) is 0.208. The lowest BCUT2D eigenvalue weighted by atomic mass is 9.98. The van der Waals surface area contributed by atoms with Crippen molar-refractivity contribution >= 4 is 51.5 Å². The smallest absolute Gasteiger partial charge is 0.340 e. The molecule has 0 aliphatic carbocycles. The highest BCUT2D eigenvalue weighted by Gasteiger charge is 2.29. The van der Waals surface area contributed by atoms with E-state index in [0.717, 1.165) is 22.3 Å². The zero-order valence-electron chi connectivity index (χ0n) is 24.6. The highest BCUT2D eigenvalue weighted by molar-refractivity contribution is 7.98. The van der Waals surface area contributed by atoms with Crippen molar-refractivity contribution in [1.29, 1.82) is 0 Å². The van der Waals surface area contributed by atoms with Crippen LogP contribution in [-0.2, 0) is 26.6 Å². The fraction of sp³-hybridized carbons (Fsp3) is 0.375. The van der Waals surface area contributed by atoms with Crippen LogP contribution in [0.1, 0.15) is 47.4 Å². The van der Waals surface area contributed by atoms with Gasteiger partial charge in [0, 0.05) is 27.8 Å². The van der Waals surface area contributed by atoms with E-state index < -0.39 is 35.5 Å². The van der Waals surface area contributed by atoms with Gasteiger partial charge in [0.05, 0.1) is 12.0 Å². The van der Waals surface area contributed by atoms with Crippen LogP contribution in [0, 0.1) is 33.6 Å². The van der Waals surface area contributed by atoms with Crippen LogP contribution in [0.2, 0.25) is 0 Å². The molecule has 0 radical (unpaired) electrons. The number of hydrogen-bond donors (Lipinski definition) is 3. The average molecular weight is 593 g/mol. The molecule has 0 spiro atoms. The summed E-state index contributed by atoms with van der Waals surface area (Å²) >= 11 is 1.39. The van der Waals surface area contributed by atoms with Gasteiger partial charge in [0.2, 0.25) is 11.8 Å². The maximum atomic E-state index is 13.2. The molecule has 0 unspecified atom stereocenters. The number of aliphatic carboxylic acids is 1. The van der Waals surface area contributed by atoms with Crippen molar-refractivity contribution in [2.24, 2.45) is 5.92 Å². The summed E-state index contributed by atoms with van der Waals surface area (Å²) < 4.78 is 11.6. The number of carbonyl (C=O) groups is 3. The molecule has 0 aliphatic rings. The molecule has 2 atom stereocenters. The number of benzene rings is 2. The Bertz CT molecular complexity index is 1710. The van der Waals surface area contributed by atoms with Crippen LogP contribution < -0.4 is 16.3 Å². The van der Waals surface area contributed by atoms with Gasteiger partial charge in [-0.2, -0.15) is 11.8 Å². The van der Waals surface area contributed by atoms with E-state index in [0.29, 0.717) is 33.4 Å². The number of thioether (sulfide) groups is 1. The Morgan fingerprint density at radius 1 is 0.905 bits per heavy atom. The van der Waals surface area contributed by atoms with Crippen LogP contribution in [0.5, 0.6) is 0 Å². The highest BCUT2D eigenvalue weighted by Crippen LogP contribution is 2.34. The Morgan fingerprint density at radius 3 is 2.19 bits per heavy atom. The van der Waals surface area contributed by atoms with E-state index in [4.69, 9.17) is 8.83 Å². The SMILES string of the molecule is Cc1oc2c(C)c3oc(=O)c(CC(=O)N[C@H](C(=O)N[C@@H](CSCc4ccccc4)C(=O)O)C(C)C)c(C)c3cc2c1C. The summed E-state index contributed by atoms with van der Waals surface area (Å²) in [5, 5.41) is 16.6. The minimum absolute atomic E-state index is 0.161. The molecule has 0 saturated heterocycles. The molecule has 2 heterocycles. The fourth-order valence-corrected chi connectivity index (χ4v) is 5.93. The zero-order valence-corrected chi connectivity index (χ0v) is 25.4. The van der Waals surface area contributed by atoms with Gasteiger partial charge in [-0.05, 0) is 56.4 Å². The van der Waals surface area contributed by atoms with Crippen LogP contribution >= 0.6 is 11.8 Å². The molecule has 9 nitrogen and oxygen atoms in total. The molecular weight excluding hydrogens is 556 g/mol. The lowest BCUT2D eigenvalue weighted by Crippen LogP contribution is -2.54. The second-order valence-corrected chi connectivity index (χ2v) is 11.9. The van der Waals surface area contributed by atoms with Gasteiger partial charge in [-0.3, -0.25) is 9.59 Å². The molecule has 10 heteroatoms. The van der Waals surface area contributed by atoms with E-state index in [1.807, 2.05) is 57.2 Å². The van der Waals surface area contributed by atoms with Crippen molar-refractivity contribution in [2.75, 3.05) is 5.75 Å². The van der Waals surface area contributed by atoms with Gasteiger partial charge in [-0.15, -0.1) is 0 Å². The third-order valence-corrected chi connectivity index (χ3v) is 8.66. The van der Waals surface area contributed by atoms with Gasteiger partial charge in [0.25, 0.3) is 0 Å². The van der Waals surface area contributed by atoms with Gasteiger partial charge >= 0.3 is 11.6 Å². The Morgan fingerprint density at radius 2 is 1.55 bits per heavy atom. The van der Waals surface area contributed by atoms with Gasteiger partial charge in [0.1, 0.15) is 29.0 Å². The molecule has 0 saturated carbocycles. The second-order valence-electron chi connectivity index (χ2n) is 10.9. The van der Waals surface area contributed by atoms with E-state index in [2.05, 4.69) is 10.6 Å². The number of rotatable bonds is 11. The monoisotopic (exact) mass is 592 g/mol. The summed E-state index contributed by atoms with van der Waals surface area (Å²) in [6.45, 7) is 10.9. The van der Waals surface area contributed by atoms with Crippen LogP contribution in [0.4, 0.5) is 0 Å². The lowest BCUT2D eigenvalue weighted by Gasteiger charge is -2.24. The number of aryl methyl sites for hydroxylation is 4. The topological polar surface area (TPSA) is 139 Å². The van der Waals surface area contributed by atoms with Crippen molar-refractivity contribution in [1.82, 2.24) is 10.6 Å². The molecule has 222 valence electrons. The van der Waals surface area contributed by atoms with E-state index in [9.17, 15) is 24.3 Å². The molecule has 2 aromatic carbocycles. The Labute approximate surface area is 248 Å². The number of carboxylic acids is 1. The predicted molar refractivity (Wildman–Crippen MR) is 164 cm³/mol. The summed E-state index contributed by atoms with van der Waals surface area (Å²) in [4.78, 5) is 51.2. The summed E-state index contributed by atoms with van der Waals surface area (Å²) in [5.41, 5.74) is 4.00. The van der Waals surface area contributed by atoms with Crippen molar-refractivity contribution in [3.05, 3.63) is 80.4 Å². The number of nitrogens with one attached hydrogen (secondary N) is 2. The van der Waals surface area contributed by atoms with Gasteiger partial charge < -0.3 is 24.6 Å². The molecule has 0 bridgehead atoms. The minimum Gasteiger partial charge on any atom is -0.480 e. The van der Waals surface area contributed by atoms with Crippen LogP contribution in [-0.4, -0.2) is 40.7 Å². The normalized spacial score (nSPS) is 12.9. The van der Waals surface area contributed by atoms with Gasteiger partial charge in [0.15, 0.2) is 0 Å². The molecule has 2 aromatic heterocycles. The summed E-state index contributed by atoms with van der Waals surface area (Å²) in [7, 11) is 0. The molecule has 42 heavy (non-hydrogen) atoms. The molecule has 4 aromatic rings. The van der Waals surface area contributed by atoms with Gasteiger partial charge in [-0.1, -0.05) is 44.2 Å². The summed E-state index contributed by atoms with van der Waals surface area (Å²) in [5.74, 6) is -1.10. The Balaban J connectivity index is 1.49. The van der Waals surface area contributed by atoms with Crippen LogP contribution in [0.25, 0.3) is 21.9 Å². The molecule has 0 aliphatic heterocycles. The first-order valence-corrected chi connectivity index (χ1v) is 14.9. The molecule has 3 N–H and O–H groups in total. The standard InChI is InChI=1S/C32H36N2O7S/c1-16(2)27(30(36)33-25(31(37)38)15-42-14-21-10-8-7-9-11-21)34-26(35)13-24-18(4)23-12-22-17(3)20(6)40-28(22)19(5)29(23)41-32(24)39/h7-12,16,25,27H,13-15H2,1-6H3,(H,33,36)(H,34,35)(H,37,38)/t25-,27-/m0/s1.